The van der Waals surface area contributed by atoms with Crippen LogP contribution in [0.3, 0.4) is 0 Å². The molecule has 0 aliphatic carbocycles. The van der Waals surface area contributed by atoms with E-state index in [0.717, 1.165) is 0 Å². The van der Waals surface area contributed by atoms with Gasteiger partial charge in [0.25, 0.3) is 0 Å². The van der Waals surface area contributed by atoms with Crippen molar-refractivity contribution in [2.24, 2.45) is 0 Å². The van der Waals surface area contributed by atoms with Gasteiger partial charge in [-0.15, -0.1) is 0 Å². The van der Waals surface area contributed by atoms with Gasteiger partial charge >= 0.3 is 0 Å². The molecule has 0 amide bonds. The molecule has 1 unspecified atom stereocenters. The highest BCUT2D eigenvalue weighted by Gasteiger charge is 2.26. The summed E-state index contributed by atoms with van der Waals surface area (Å²) in [6.45, 7) is 1.81. The molecule has 8 heteroatoms. The molecule has 1 aromatic rings. The van der Waals surface area contributed by atoms with Crippen LogP contribution in [0.4, 0.5) is 5.69 Å². The van der Waals surface area contributed by atoms with Gasteiger partial charge in [0.05, 0.1) is 11.3 Å². The lowest BCUT2D eigenvalue weighted by atomic mass is 10.1. The fraction of sp³-hybridized carbons (Fsp3) is 0.500. The number of anilines is 1. The van der Waals surface area contributed by atoms with Gasteiger partial charge in [-0.1, -0.05) is 15.9 Å². The van der Waals surface area contributed by atoms with Gasteiger partial charge in [-0.2, -0.15) is 0 Å². The molecule has 0 aliphatic heterocycles. The molecule has 0 aromatic heterocycles. The van der Waals surface area contributed by atoms with E-state index in [1.54, 1.807) is 32.0 Å². The second-order valence-electron chi connectivity index (χ2n) is 5.24. The van der Waals surface area contributed by atoms with Crippen molar-refractivity contribution in [1.82, 2.24) is 9.62 Å². The first-order valence-corrected chi connectivity index (χ1v) is 8.23. The Hall–Kier alpha value is -0.670. The fourth-order valence-corrected chi connectivity index (χ4v) is 3.64. The quantitative estimate of drug-likeness (QED) is 0.642. The first kappa shape index (κ1) is 17.4. The molecule has 0 saturated carbocycles. The summed E-state index contributed by atoms with van der Waals surface area (Å²) >= 11 is 3.21. The maximum Gasteiger partial charge on any atom is 0.242 e. The molecule has 0 aliphatic rings. The standard InChI is InChI=1S/C12H20BrN3O3S/c1-12(17,8-16(2)3)7-15-20(18,19)11-6-9(13)4-5-10(11)14/h4-6,15,17H,7-8,14H2,1-3H3. The first-order valence-electron chi connectivity index (χ1n) is 5.95. The van der Waals surface area contributed by atoms with E-state index >= 15 is 0 Å². The summed E-state index contributed by atoms with van der Waals surface area (Å²) in [5.41, 5.74) is 4.68. The molecule has 114 valence electrons. The fourth-order valence-electron chi connectivity index (χ4n) is 1.81. The van der Waals surface area contributed by atoms with Crippen LogP contribution in [0.5, 0.6) is 0 Å². The number of hydrogen-bond donors (Lipinski definition) is 3. The number of sulfonamides is 1. The number of hydrogen-bond acceptors (Lipinski definition) is 5. The number of nitrogens with zero attached hydrogens (tertiary/aromatic N) is 1. The summed E-state index contributed by atoms with van der Waals surface area (Å²) in [6.07, 6.45) is 0. The summed E-state index contributed by atoms with van der Waals surface area (Å²) in [5, 5.41) is 10.1. The summed E-state index contributed by atoms with van der Waals surface area (Å²) in [7, 11) is -0.164. The van der Waals surface area contributed by atoms with Gasteiger partial charge in [-0.05, 0) is 39.2 Å². The topological polar surface area (TPSA) is 95.7 Å². The highest BCUT2D eigenvalue weighted by atomic mass is 79.9. The number of benzene rings is 1. The van der Waals surface area contributed by atoms with Gasteiger partial charge < -0.3 is 15.7 Å². The van der Waals surface area contributed by atoms with Gasteiger partial charge in [0, 0.05) is 17.6 Å². The maximum absolute atomic E-state index is 12.2. The Bertz CT molecular complexity index is 573. The van der Waals surface area contributed by atoms with Crippen LogP contribution < -0.4 is 10.5 Å². The molecule has 20 heavy (non-hydrogen) atoms. The zero-order valence-electron chi connectivity index (χ0n) is 11.7. The molecular formula is C12H20BrN3O3S. The van der Waals surface area contributed by atoms with Gasteiger partial charge in [0.15, 0.2) is 0 Å². The highest BCUT2D eigenvalue weighted by Crippen LogP contribution is 2.23. The van der Waals surface area contributed by atoms with E-state index in [4.69, 9.17) is 5.73 Å². The van der Waals surface area contributed by atoms with Crippen LogP contribution >= 0.6 is 15.9 Å². The van der Waals surface area contributed by atoms with E-state index in [9.17, 15) is 13.5 Å². The number of halogens is 1. The van der Waals surface area contributed by atoms with Crippen LogP contribution in [-0.4, -0.2) is 51.2 Å². The maximum atomic E-state index is 12.2. The lowest BCUT2D eigenvalue weighted by Gasteiger charge is -2.27. The van der Waals surface area contributed by atoms with Crippen LogP contribution in [0.1, 0.15) is 6.92 Å². The summed E-state index contributed by atoms with van der Waals surface area (Å²) in [6, 6.07) is 4.60. The normalized spacial score (nSPS) is 15.3. The summed E-state index contributed by atoms with van der Waals surface area (Å²) in [5.74, 6) is 0. The van der Waals surface area contributed by atoms with Crippen molar-refractivity contribution in [3.8, 4) is 0 Å². The zero-order valence-corrected chi connectivity index (χ0v) is 14.1. The largest absolute Gasteiger partial charge is 0.398 e. The minimum absolute atomic E-state index is 0.00692. The molecule has 1 atom stereocenters. The van der Waals surface area contributed by atoms with Gasteiger partial charge in [-0.25, -0.2) is 13.1 Å². The second-order valence-corrected chi connectivity index (χ2v) is 7.89. The third-order valence-electron chi connectivity index (χ3n) is 2.57. The van der Waals surface area contributed by atoms with Crippen LogP contribution in [0.15, 0.2) is 27.6 Å². The van der Waals surface area contributed by atoms with Gasteiger partial charge in [-0.3, -0.25) is 0 Å². The van der Waals surface area contributed by atoms with E-state index in [-0.39, 0.29) is 17.1 Å². The van der Waals surface area contributed by atoms with Gasteiger partial charge in [0.2, 0.25) is 10.0 Å². The van der Waals surface area contributed by atoms with Crippen molar-refractivity contribution < 1.29 is 13.5 Å². The van der Waals surface area contributed by atoms with E-state index in [1.807, 2.05) is 0 Å². The third kappa shape index (κ3) is 5.02. The molecule has 6 nitrogen and oxygen atoms in total. The molecule has 0 saturated heterocycles. The number of likely N-dealkylation sites (N-methyl/N-ethyl adjacent to an activating group) is 1. The SMILES string of the molecule is CN(C)CC(C)(O)CNS(=O)(=O)c1cc(Br)ccc1N. The Morgan fingerprint density at radius 2 is 2.05 bits per heavy atom. The predicted octanol–water partition coefficient (Wildman–Crippen LogP) is 0.622. The lowest BCUT2D eigenvalue weighted by molar-refractivity contribution is 0.0386. The van der Waals surface area contributed by atoms with Crippen molar-refractivity contribution in [3.63, 3.8) is 0 Å². The molecule has 1 rings (SSSR count). The van der Waals surface area contributed by atoms with Crippen molar-refractivity contribution in [2.45, 2.75) is 17.4 Å². The van der Waals surface area contributed by atoms with Gasteiger partial charge in [0.1, 0.15) is 4.90 Å². The first-order chi connectivity index (χ1) is 9.03. The summed E-state index contributed by atoms with van der Waals surface area (Å²) in [4.78, 5) is 1.77. The smallest absolute Gasteiger partial charge is 0.242 e. The van der Waals surface area contributed by atoms with E-state index in [2.05, 4.69) is 20.7 Å². The molecule has 0 heterocycles. The minimum atomic E-state index is -3.77. The molecular weight excluding hydrogens is 346 g/mol. The number of aliphatic hydroxyl groups is 1. The Morgan fingerprint density at radius 1 is 1.45 bits per heavy atom. The van der Waals surface area contributed by atoms with E-state index < -0.39 is 15.6 Å². The summed E-state index contributed by atoms with van der Waals surface area (Å²) < 4.78 is 27.4. The van der Waals surface area contributed by atoms with Crippen LogP contribution in [0, 0.1) is 0 Å². The third-order valence-corrected chi connectivity index (χ3v) is 4.52. The Balaban J connectivity index is 2.88. The second kappa shape index (κ2) is 6.40. The number of rotatable bonds is 6. The Labute approximate surface area is 128 Å². The van der Waals surface area contributed by atoms with Crippen LogP contribution in [-0.2, 0) is 10.0 Å². The van der Waals surface area contributed by atoms with Crippen LogP contribution in [0.2, 0.25) is 0 Å². The molecule has 0 bridgehead atoms. The van der Waals surface area contributed by atoms with Crippen molar-refractivity contribution >= 4 is 31.6 Å². The zero-order chi connectivity index (χ0) is 15.6. The number of nitrogens with two attached hydrogens (primary N) is 1. The average molecular weight is 366 g/mol. The molecule has 1 aromatic carbocycles. The van der Waals surface area contributed by atoms with Crippen molar-refractivity contribution in [3.05, 3.63) is 22.7 Å². The number of nitrogen functional groups attached to an aromatic ring is 1. The highest BCUT2D eigenvalue weighted by molar-refractivity contribution is 9.10. The van der Waals surface area contributed by atoms with Crippen LogP contribution in [0.25, 0.3) is 0 Å². The molecule has 0 radical (unpaired) electrons. The minimum Gasteiger partial charge on any atom is -0.398 e. The lowest BCUT2D eigenvalue weighted by Crippen LogP contribution is -2.47. The molecule has 0 spiro atoms. The molecule has 4 N–H and O–H groups in total. The monoisotopic (exact) mass is 365 g/mol. The van der Waals surface area contributed by atoms with E-state index in [0.29, 0.717) is 11.0 Å². The predicted molar refractivity (Wildman–Crippen MR) is 82.9 cm³/mol. The van der Waals surface area contributed by atoms with Crippen molar-refractivity contribution in [1.29, 1.82) is 0 Å². The average Bonchev–Trinajstić information content (AvgIpc) is 2.28. The van der Waals surface area contributed by atoms with Crippen molar-refractivity contribution in [2.75, 3.05) is 32.9 Å². The van der Waals surface area contributed by atoms with E-state index in [1.165, 1.54) is 12.1 Å². The number of nitrogens with one attached hydrogen (secondary N) is 1. The Morgan fingerprint density at radius 3 is 2.60 bits per heavy atom. The Kier molecular flexibility index (Phi) is 5.56. The molecule has 0 fully saturated rings.